The number of amides is 2. The van der Waals surface area contributed by atoms with Crippen LogP contribution < -0.4 is 9.47 Å². The van der Waals surface area contributed by atoms with Gasteiger partial charge >= 0.3 is 0 Å². The van der Waals surface area contributed by atoms with Crippen LogP contribution in [0.1, 0.15) is 43.7 Å². The van der Waals surface area contributed by atoms with E-state index in [4.69, 9.17) is 9.47 Å². The van der Waals surface area contributed by atoms with Gasteiger partial charge in [0.15, 0.2) is 11.5 Å². The number of carbonyl (C=O) groups is 2. The minimum Gasteiger partial charge on any atom is -0.493 e. The first-order valence-corrected chi connectivity index (χ1v) is 11.2. The number of nitrogens with zero attached hydrogens (tertiary/aromatic N) is 2. The third kappa shape index (κ3) is 4.78. The Morgan fingerprint density at radius 1 is 1.27 bits per heavy atom. The zero-order chi connectivity index (χ0) is 21.7. The van der Waals surface area contributed by atoms with E-state index in [0.717, 1.165) is 18.4 Å². The molecule has 2 aromatic rings. The van der Waals surface area contributed by atoms with Crippen molar-refractivity contribution < 1.29 is 19.1 Å². The van der Waals surface area contributed by atoms with Crippen molar-refractivity contribution in [1.29, 1.82) is 0 Å². The zero-order valence-corrected chi connectivity index (χ0v) is 18.9. The average molecular weight is 431 g/mol. The van der Waals surface area contributed by atoms with Crippen molar-refractivity contribution in [2.75, 3.05) is 26.8 Å². The summed E-state index contributed by atoms with van der Waals surface area (Å²) in [6, 6.07) is 9.42. The number of benzene rings is 1. The first kappa shape index (κ1) is 22.2. The van der Waals surface area contributed by atoms with Gasteiger partial charge in [-0.25, -0.2) is 0 Å². The zero-order valence-electron chi connectivity index (χ0n) is 18.1. The number of ether oxygens (including phenoxy) is 2. The van der Waals surface area contributed by atoms with Crippen LogP contribution in [0, 0.1) is 0 Å². The second-order valence-corrected chi connectivity index (χ2v) is 8.52. The van der Waals surface area contributed by atoms with Crippen LogP contribution in [-0.4, -0.2) is 54.5 Å². The molecule has 0 fully saturated rings. The quantitative estimate of drug-likeness (QED) is 0.637. The molecule has 1 aromatic heterocycles. The molecule has 0 N–H and O–H groups in total. The van der Waals surface area contributed by atoms with Gasteiger partial charge < -0.3 is 19.3 Å². The van der Waals surface area contributed by atoms with Crippen molar-refractivity contribution in [3.8, 4) is 11.5 Å². The first-order valence-electron chi connectivity index (χ1n) is 10.3. The van der Waals surface area contributed by atoms with Gasteiger partial charge in [-0.1, -0.05) is 19.1 Å². The Morgan fingerprint density at radius 2 is 2.00 bits per heavy atom. The molecular weight excluding hydrogens is 400 g/mol. The van der Waals surface area contributed by atoms with Gasteiger partial charge in [-0.05, 0) is 48.9 Å². The van der Waals surface area contributed by atoms with Crippen LogP contribution in [0.3, 0.4) is 0 Å². The minimum atomic E-state index is -0.192. The second-order valence-electron chi connectivity index (χ2n) is 7.52. The van der Waals surface area contributed by atoms with E-state index in [1.54, 1.807) is 23.3 Å². The van der Waals surface area contributed by atoms with Crippen molar-refractivity contribution in [2.24, 2.45) is 0 Å². The van der Waals surface area contributed by atoms with E-state index in [-0.39, 0.29) is 30.4 Å². The molecule has 2 amide bonds. The monoisotopic (exact) mass is 430 g/mol. The fraction of sp³-hybridized carbons (Fsp3) is 0.478. The lowest BCUT2D eigenvalue weighted by molar-refractivity contribution is -0.143. The second kappa shape index (κ2) is 9.98. The maximum absolute atomic E-state index is 13.3. The van der Waals surface area contributed by atoms with Crippen LogP contribution in [0.5, 0.6) is 11.5 Å². The summed E-state index contributed by atoms with van der Waals surface area (Å²) in [5, 5.41) is 2.07. The highest BCUT2D eigenvalue weighted by atomic mass is 32.1. The molecule has 0 saturated carbocycles. The summed E-state index contributed by atoms with van der Waals surface area (Å²) in [4.78, 5) is 30.2. The number of carbonyl (C=O) groups excluding carboxylic acids is 2. The lowest BCUT2D eigenvalue weighted by atomic mass is 10.00. The van der Waals surface area contributed by atoms with E-state index in [1.165, 1.54) is 11.8 Å². The number of hydrogen-bond acceptors (Lipinski definition) is 5. The van der Waals surface area contributed by atoms with Gasteiger partial charge in [-0.2, -0.15) is 0 Å². The molecule has 162 valence electrons. The molecule has 1 aromatic carbocycles. The minimum absolute atomic E-state index is 0.0243. The largest absolute Gasteiger partial charge is 0.493 e. The summed E-state index contributed by atoms with van der Waals surface area (Å²) in [7, 11) is 1.61. The lowest BCUT2D eigenvalue weighted by Gasteiger charge is -2.38. The van der Waals surface area contributed by atoms with Crippen molar-refractivity contribution in [1.82, 2.24) is 9.80 Å². The van der Waals surface area contributed by atoms with Gasteiger partial charge in [0, 0.05) is 24.4 Å². The van der Waals surface area contributed by atoms with Crippen LogP contribution in [-0.2, 0) is 16.0 Å². The molecule has 0 saturated heterocycles. The molecule has 2 atom stereocenters. The van der Waals surface area contributed by atoms with Crippen LogP contribution in [0.15, 0.2) is 35.7 Å². The predicted octanol–water partition coefficient (Wildman–Crippen LogP) is 3.91. The number of fused-ring (bicyclic) bond motifs is 1. The van der Waals surface area contributed by atoms with Gasteiger partial charge in [-0.15, -0.1) is 11.3 Å². The Balaban J connectivity index is 1.80. The maximum Gasteiger partial charge on any atom is 0.242 e. The Kier molecular flexibility index (Phi) is 7.37. The molecule has 6 nitrogen and oxygen atoms in total. The molecule has 3 rings (SSSR count). The van der Waals surface area contributed by atoms with Crippen molar-refractivity contribution in [2.45, 2.75) is 45.7 Å². The molecule has 2 unspecified atom stereocenters. The van der Waals surface area contributed by atoms with Gasteiger partial charge in [0.05, 0.1) is 19.7 Å². The molecule has 0 radical (unpaired) electrons. The highest BCUT2D eigenvalue weighted by Gasteiger charge is 2.33. The fourth-order valence-electron chi connectivity index (χ4n) is 3.82. The normalized spacial score (nSPS) is 16.5. The molecule has 2 heterocycles. The molecule has 7 heteroatoms. The molecule has 1 aliphatic rings. The van der Waals surface area contributed by atoms with Gasteiger partial charge in [0.2, 0.25) is 11.8 Å². The number of thiophene rings is 1. The Morgan fingerprint density at radius 3 is 2.67 bits per heavy atom. The lowest BCUT2D eigenvalue weighted by Crippen LogP contribution is -2.49. The third-order valence-electron chi connectivity index (χ3n) is 5.71. The molecular formula is C23H30N2O4S. The SMILES string of the molecule is CCC(C)N(CC(=O)N1CCc2sccc2C1COc1ccccc1OC)C(C)=O. The molecule has 0 spiro atoms. The van der Waals surface area contributed by atoms with E-state index in [0.29, 0.717) is 24.7 Å². The fourth-order valence-corrected chi connectivity index (χ4v) is 4.74. The van der Waals surface area contributed by atoms with Crippen molar-refractivity contribution in [3.63, 3.8) is 0 Å². The Bertz CT molecular complexity index is 882. The summed E-state index contributed by atoms with van der Waals surface area (Å²) in [6.07, 6.45) is 1.63. The summed E-state index contributed by atoms with van der Waals surface area (Å²) >= 11 is 1.72. The van der Waals surface area contributed by atoms with Gasteiger partial charge in [0.1, 0.15) is 6.61 Å². The van der Waals surface area contributed by atoms with E-state index in [9.17, 15) is 9.59 Å². The predicted molar refractivity (Wildman–Crippen MR) is 118 cm³/mol. The van der Waals surface area contributed by atoms with Crippen LogP contribution in [0.25, 0.3) is 0 Å². The standard InChI is InChI=1S/C23H30N2O4S/c1-5-16(2)25(17(3)26)14-23(27)24-12-10-22-18(11-13-30-22)19(24)15-29-21-9-7-6-8-20(21)28-4/h6-9,11,13,16,19H,5,10,12,14-15H2,1-4H3. The van der Waals surface area contributed by atoms with Gasteiger partial charge in [-0.3, -0.25) is 9.59 Å². The smallest absolute Gasteiger partial charge is 0.242 e. The first-order chi connectivity index (χ1) is 14.5. The number of hydrogen-bond donors (Lipinski definition) is 0. The van der Waals surface area contributed by atoms with Crippen molar-refractivity contribution in [3.05, 3.63) is 46.2 Å². The third-order valence-corrected chi connectivity index (χ3v) is 6.71. The van der Waals surface area contributed by atoms with Crippen molar-refractivity contribution >= 4 is 23.2 Å². The molecule has 1 aliphatic heterocycles. The summed E-state index contributed by atoms with van der Waals surface area (Å²) < 4.78 is 11.5. The van der Waals surface area contributed by atoms with Crippen LogP contribution in [0.4, 0.5) is 0 Å². The Hall–Kier alpha value is -2.54. The van der Waals surface area contributed by atoms with E-state index in [2.05, 4.69) is 11.4 Å². The van der Waals surface area contributed by atoms with Crippen LogP contribution >= 0.6 is 11.3 Å². The maximum atomic E-state index is 13.3. The number of para-hydroxylation sites is 2. The number of methoxy groups -OCH3 is 1. The topological polar surface area (TPSA) is 59.1 Å². The Labute approximate surface area is 182 Å². The van der Waals surface area contributed by atoms with Crippen LogP contribution in [0.2, 0.25) is 0 Å². The summed E-state index contributed by atoms with van der Waals surface area (Å²) in [5.41, 5.74) is 1.13. The highest BCUT2D eigenvalue weighted by molar-refractivity contribution is 7.10. The van der Waals surface area contributed by atoms with E-state index < -0.39 is 0 Å². The van der Waals surface area contributed by atoms with E-state index in [1.807, 2.05) is 43.0 Å². The summed E-state index contributed by atoms with van der Waals surface area (Å²) in [6.45, 7) is 6.57. The molecule has 0 bridgehead atoms. The van der Waals surface area contributed by atoms with Gasteiger partial charge in [0.25, 0.3) is 0 Å². The number of rotatable bonds is 8. The molecule has 0 aliphatic carbocycles. The highest BCUT2D eigenvalue weighted by Crippen LogP contribution is 2.35. The molecule has 30 heavy (non-hydrogen) atoms. The van der Waals surface area contributed by atoms with E-state index >= 15 is 0 Å². The average Bonchev–Trinajstić information content (AvgIpc) is 3.24. The summed E-state index contributed by atoms with van der Waals surface area (Å²) in [5.74, 6) is 1.19.